The van der Waals surface area contributed by atoms with Gasteiger partial charge in [-0.05, 0) is 86.2 Å². The number of hydrogen-bond acceptors (Lipinski definition) is 18. The predicted octanol–water partition coefficient (Wildman–Crippen LogP) is 7.14. The summed E-state index contributed by atoms with van der Waals surface area (Å²) >= 11 is 6.42. The average molecular weight is 1220 g/mol. The number of aliphatic hydroxyl groups excluding tert-OH is 1. The number of methoxy groups -OCH3 is 3. The van der Waals surface area contributed by atoms with Crippen LogP contribution in [0.3, 0.4) is 0 Å². The molecule has 466 valence electrons. The molecule has 24 nitrogen and oxygen atoms in total. The number of amides is 5. The van der Waals surface area contributed by atoms with Crippen molar-refractivity contribution in [1.82, 2.24) is 35.7 Å². The molecule has 3 unspecified atom stereocenters. The molecule has 1 aromatic heterocycles. The first-order valence-electron chi connectivity index (χ1n) is 28.3. The van der Waals surface area contributed by atoms with Gasteiger partial charge in [-0.3, -0.25) is 19.0 Å². The number of carbonyl (C=O) groups excluding carboxylic acids is 6. The van der Waals surface area contributed by atoms with Gasteiger partial charge in [-0.25, -0.2) is 24.2 Å². The van der Waals surface area contributed by atoms with Gasteiger partial charge in [0.15, 0.2) is 17.8 Å². The average Bonchev–Trinajstić information content (AvgIpc) is 0.996. The lowest BCUT2D eigenvalue weighted by atomic mass is 9.89. The molecule has 1 aliphatic heterocycles. The minimum absolute atomic E-state index is 0.0622. The first-order valence-corrected chi connectivity index (χ1v) is 28.7. The highest BCUT2D eigenvalue weighted by atomic mass is 35.5. The van der Waals surface area contributed by atoms with Crippen molar-refractivity contribution in [2.45, 2.75) is 110 Å². The van der Waals surface area contributed by atoms with Crippen LogP contribution >= 0.6 is 11.6 Å². The highest BCUT2D eigenvalue weighted by Gasteiger charge is 2.44. The number of nitrogens with one attached hydrogen (secondary N) is 4. The number of benzene rings is 4. The van der Waals surface area contributed by atoms with Crippen molar-refractivity contribution in [1.29, 1.82) is 0 Å². The molecule has 1 fully saturated rings. The van der Waals surface area contributed by atoms with Crippen LogP contribution in [0.4, 0.5) is 14.4 Å². The zero-order valence-corrected chi connectivity index (χ0v) is 50.5. The van der Waals surface area contributed by atoms with Crippen molar-refractivity contribution < 1.29 is 76.5 Å². The number of nitrogens with zero attached hydrogens (tertiary/aromatic N) is 3. The summed E-state index contributed by atoms with van der Waals surface area (Å²) in [4.78, 5) is 101. The van der Waals surface area contributed by atoms with E-state index in [2.05, 4.69) is 21.3 Å². The Kier molecular flexibility index (Phi) is 25.8. The lowest BCUT2D eigenvalue weighted by Crippen LogP contribution is -2.59. The van der Waals surface area contributed by atoms with Crippen LogP contribution in [-0.4, -0.2) is 154 Å². The fourth-order valence-electron chi connectivity index (χ4n) is 9.38. The topological polar surface area (TPSA) is 292 Å². The molecule has 25 heteroatoms. The van der Waals surface area contributed by atoms with E-state index in [1.54, 1.807) is 46.7 Å². The van der Waals surface area contributed by atoms with Crippen molar-refractivity contribution in [2.24, 2.45) is 5.92 Å². The smallest absolute Gasteiger partial charge is 0.412 e. The van der Waals surface area contributed by atoms with Gasteiger partial charge in [0.25, 0.3) is 11.5 Å². The van der Waals surface area contributed by atoms with E-state index in [9.17, 15) is 38.7 Å². The van der Waals surface area contributed by atoms with Crippen LogP contribution < -0.4 is 41.0 Å². The number of carbonyl (C=O) groups is 6. The summed E-state index contributed by atoms with van der Waals surface area (Å²) < 4.78 is 50.8. The lowest BCUT2D eigenvalue weighted by molar-refractivity contribution is -0.181. The molecule has 0 radical (unpaired) electrons. The third-order valence-corrected chi connectivity index (χ3v) is 14.3. The molecule has 0 bridgehead atoms. The Bertz CT molecular complexity index is 3110. The minimum Gasteiger partial charge on any atom is -0.493 e. The number of aromatic nitrogens is 2. The van der Waals surface area contributed by atoms with Gasteiger partial charge in [-0.1, -0.05) is 80.4 Å². The Labute approximate surface area is 504 Å². The van der Waals surface area contributed by atoms with Crippen molar-refractivity contribution in [3.63, 3.8) is 0 Å². The summed E-state index contributed by atoms with van der Waals surface area (Å²) in [5, 5.41) is 20.7. The van der Waals surface area contributed by atoms with Gasteiger partial charge in [-0.2, -0.15) is 0 Å². The number of aryl methyl sites for hydroxylation is 1. The van der Waals surface area contributed by atoms with E-state index in [0.29, 0.717) is 39.3 Å². The molecule has 4 atom stereocenters. The molecule has 4 aromatic carbocycles. The highest BCUT2D eigenvalue weighted by Crippen LogP contribution is 2.39. The Morgan fingerprint density at radius 3 is 2.15 bits per heavy atom. The Morgan fingerprint density at radius 2 is 1.51 bits per heavy atom. The van der Waals surface area contributed by atoms with Crippen molar-refractivity contribution in [2.75, 3.05) is 73.9 Å². The monoisotopic (exact) mass is 1220 g/mol. The van der Waals surface area contributed by atoms with E-state index in [-0.39, 0.29) is 126 Å². The number of ether oxygens (including phenoxy) is 9. The Balaban J connectivity index is 1.02. The van der Waals surface area contributed by atoms with Crippen LogP contribution in [0.25, 0.3) is 10.9 Å². The van der Waals surface area contributed by atoms with Gasteiger partial charge >= 0.3 is 24.2 Å². The molecule has 2 heterocycles. The lowest BCUT2D eigenvalue weighted by Gasteiger charge is -2.36. The molecule has 0 aliphatic carbocycles. The first-order chi connectivity index (χ1) is 41.3. The first kappa shape index (κ1) is 67.1. The molecular formula is C61H78ClN7O17. The van der Waals surface area contributed by atoms with Gasteiger partial charge in [0, 0.05) is 69.8 Å². The van der Waals surface area contributed by atoms with Gasteiger partial charge < -0.3 is 73.9 Å². The van der Waals surface area contributed by atoms with Crippen molar-refractivity contribution in [3.8, 4) is 17.2 Å². The second kappa shape index (κ2) is 33.0. The quantitative estimate of drug-likeness (QED) is 0.0132. The second-order valence-corrected chi connectivity index (χ2v) is 21.2. The predicted molar refractivity (Wildman–Crippen MR) is 316 cm³/mol. The van der Waals surface area contributed by atoms with E-state index in [0.717, 1.165) is 11.1 Å². The van der Waals surface area contributed by atoms with Gasteiger partial charge in [0.1, 0.15) is 30.7 Å². The van der Waals surface area contributed by atoms with Crippen LogP contribution in [-0.2, 0) is 51.2 Å². The van der Waals surface area contributed by atoms with Crippen LogP contribution in [0.5, 0.6) is 17.2 Å². The summed E-state index contributed by atoms with van der Waals surface area (Å²) in [6.07, 6.45) is -4.05. The van der Waals surface area contributed by atoms with E-state index in [4.69, 9.17) is 59.2 Å². The Hall–Kier alpha value is -8.03. The normalized spacial score (nSPS) is 14.2. The maximum atomic E-state index is 14.7. The molecule has 1 aliphatic rings. The molecule has 6 rings (SSSR count). The summed E-state index contributed by atoms with van der Waals surface area (Å²) in [7, 11) is 4.05. The molecular weight excluding hydrogens is 1140 g/mol. The van der Waals surface area contributed by atoms with Crippen LogP contribution in [0.2, 0.25) is 5.02 Å². The zero-order chi connectivity index (χ0) is 62.3. The fourth-order valence-corrected chi connectivity index (χ4v) is 9.55. The standard InChI is InChI=1S/C61H78ClN7O17/c1-9-45(35-70)85-51(80-8)37-83-59(76)64-26-22-50(71)67-61(23-28-81-29-24-61)57(74)84-40(5)33-65-60(77)86-53-48(78-6)30-42(31-49(53)79-7)36-82-58(75)63-25-13-27-68(55(72)43-18-16-39(4)17-19-43)52(38(2)3)54-66-47-32-44(62)20-21-46(47)56(73)69(54)34-41-14-11-10-12-15-41/h10-12,14-21,30-32,38,40,45,51-52,70H,9,13,22-29,33-37H2,1-8H3,(H,63,75)(H,64,76)(H,65,77)(H,67,71)/t40?,45?,51?,52-/m1/s1. The molecule has 86 heavy (non-hydrogen) atoms. The largest absolute Gasteiger partial charge is 0.493 e. The van der Waals surface area contributed by atoms with E-state index >= 15 is 0 Å². The number of aliphatic hydroxyl groups is 1. The molecule has 5 aromatic rings. The van der Waals surface area contributed by atoms with E-state index < -0.39 is 60.2 Å². The molecule has 0 spiro atoms. The van der Waals surface area contributed by atoms with Crippen LogP contribution in [0.15, 0.2) is 89.7 Å². The number of halogens is 1. The van der Waals surface area contributed by atoms with E-state index in [1.165, 1.54) is 33.5 Å². The van der Waals surface area contributed by atoms with E-state index in [1.807, 2.05) is 70.2 Å². The van der Waals surface area contributed by atoms with Crippen molar-refractivity contribution in [3.05, 3.63) is 128 Å². The SMILES string of the molecule is CCC(CO)OC(COC(=O)NCCC(=O)NC1(C(=O)OC(C)CNC(=O)Oc2c(OC)cc(COC(=O)NCCCN(C(=O)c3ccc(C)cc3)[C@@H](c3nc4cc(Cl)ccc4c(=O)n3Cc3ccccc3)C(C)C)cc2OC)CCOCC1)OC. The van der Waals surface area contributed by atoms with Crippen LogP contribution in [0.1, 0.15) is 98.7 Å². The number of esters is 1. The summed E-state index contributed by atoms with van der Waals surface area (Å²) in [5.74, 6) is -1.42. The Morgan fingerprint density at radius 1 is 0.837 bits per heavy atom. The van der Waals surface area contributed by atoms with Crippen LogP contribution in [0, 0.1) is 12.8 Å². The van der Waals surface area contributed by atoms with Gasteiger partial charge in [0.05, 0.1) is 57.0 Å². The number of alkyl carbamates (subject to hydrolysis) is 2. The number of fused-ring (bicyclic) bond motifs is 1. The zero-order valence-electron chi connectivity index (χ0n) is 49.8. The summed E-state index contributed by atoms with van der Waals surface area (Å²) in [6.45, 7) is 8.89. The molecule has 0 saturated carbocycles. The third kappa shape index (κ3) is 19.0. The molecule has 5 amide bonds. The summed E-state index contributed by atoms with van der Waals surface area (Å²) in [5.41, 5.74) is 1.37. The number of hydrogen-bond donors (Lipinski definition) is 5. The van der Waals surface area contributed by atoms with Crippen molar-refractivity contribution >= 4 is 58.6 Å². The highest BCUT2D eigenvalue weighted by molar-refractivity contribution is 6.31. The minimum atomic E-state index is -1.45. The fraction of sp³-hybridized carbons (Fsp3) is 0.475. The third-order valence-electron chi connectivity index (χ3n) is 14.0. The second-order valence-electron chi connectivity index (χ2n) is 20.8. The molecule has 5 N–H and O–H groups in total. The van der Waals surface area contributed by atoms with Gasteiger partial charge in [-0.15, -0.1) is 0 Å². The molecule has 1 saturated heterocycles. The summed E-state index contributed by atoms with van der Waals surface area (Å²) in [6, 6.07) is 24.0. The number of rotatable bonds is 30. The maximum Gasteiger partial charge on any atom is 0.412 e. The maximum absolute atomic E-state index is 14.7. The van der Waals surface area contributed by atoms with Gasteiger partial charge in [0.2, 0.25) is 11.7 Å².